The molecule has 1 aliphatic heterocycles. The third-order valence-corrected chi connectivity index (χ3v) is 4.46. The minimum absolute atomic E-state index is 0.745. The average molecular weight is 253 g/mol. The molecule has 2 rings (SSSR count). The molecule has 1 N–H and O–H groups in total. The van der Waals surface area contributed by atoms with Crippen molar-refractivity contribution in [2.45, 2.75) is 45.7 Å². The summed E-state index contributed by atoms with van der Waals surface area (Å²) in [5, 5.41) is 8.14. The molecule has 4 heteroatoms. The summed E-state index contributed by atoms with van der Waals surface area (Å²) in [6.07, 6.45) is 3.90. The van der Waals surface area contributed by atoms with Crippen LogP contribution in [0, 0.1) is 13.8 Å². The van der Waals surface area contributed by atoms with Crippen LogP contribution < -0.4 is 5.32 Å². The maximum Gasteiger partial charge on any atom is 0.0596 e. The van der Waals surface area contributed by atoms with E-state index in [2.05, 4.69) is 46.8 Å². The second kappa shape index (κ2) is 6.45. The van der Waals surface area contributed by atoms with E-state index in [-0.39, 0.29) is 0 Å². The highest BCUT2D eigenvalue weighted by molar-refractivity contribution is 7.99. The maximum atomic E-state index is 4.48. The van der Waals surface area contributed by atoms with E-state index in [1.807, 2.05) is 0 Å². The zero-order valence-electron chi connectivity index (χ0n) is 10.9. The third kappa shape index (κ3) is 4.03. The van der Waals surface area contributed by atoms with Gasteiger partial charge in [0.2, 0.25) is 0 Å². The first-order chi connectivity index (χ1) is 8.25. The van der Waals surface area contributed by atoms with Crippen molar-refractivity contribution in [2.75, 3.05) is 18.1 Å². The first-order valence-electron chi connectivity index (χ1n) is 6.58. The van der Waals surface area contributed by atoms with Gasteiger partial charge in [-0.15, -0.1) is 0 Å². The smallest absolute Gasteiger partial charge is 0.0596 e. The molecule has 1 unspecified atom stereocenters. The Bertz CT molecular complexity index is 342. The van der Waals surface area contributed by atoms with Gasteiger partial charge in [-0.05, 0) is 51.5 Å². The van der Waals surface area contributed by atoms with Crippen molar-refractivity contribution >= 4 is 11.8 Å². The van der Waals surface area contributed by atoms with Gasteiger partial charge in [-0.3, -0.25) is 4.68 Å². The van der Waals surface area contributed by atoms with Gasteiger partial charge >= 0.3 is 0 Å². The first kappa shape index (κ1) is 13.0. The van der Waals surface area contributed by atoms with E-state index in [0.717, 1.165) is 24.8 Å². The molecule has 96 valence electrons. The Labute approximate surface area is 108 Å². The van der Waals surface area contributed by atoms with Crippen LogP contribution in [0.15, 0.2) is 6.07 Å². The molecule has 17 heavy (non-hydrogen) atoms. The summed E-state index contributed by atoms with van der Waals surface area (Å²) in [6.45, 7) is 6.34. The largest absolute Gasteiger partial charge is 0.313 e. The lowest BCUT2D eigenvalue weighted by Crippen LogP contribution is -2.34. The molecule has 0 aliphatic carbocycles. The minimum Gasteiger partial charge on any atom is -0.313 e. The van der Waals surface area contributed by atoms with Crippen LogP contribution in [-0.4, -0.2) is 33.9 Å². The Kier molecular flexibility index (Phi) is 4.92. The summed E-state index contributed by atoms with van der Waals surface area (Å²) in [6, 6.07) is 2.89. The number of aryl methyl sites for hydroxylation is 3. The van der Waals surface area contributed by atoms with Crippen LogP contribution in [0.4, 0.5) is 0 Å². The molecule has 2 heterocycles. The monoisotopic (exact) mass is 253 g/mol. The van der Waals surface area contributed by atoms with E-state index in [9.17, 15) is 0 Å². The molecule has 1 aliphatic rings. The van der Waals surface area contributed by atoms with Gasteiger partial charge < -0.3 is 5.32 Å². The van der Waals surface area contributed by atoms with Crippen molar-refractivity contribution in [1.82, 2.24) is 15.1 Å². The second-order valence-corrected chi connectivity index (χ2v) is 6.02. The molecule has 0 bridgehead atoms. The normalized spacial score (nSPS) is 20.7. The van der Waals surface area contributed by atoms with Gasteiger partial charge in [0.25, 0.3) is 0 Å². The van der Waals surface area contributed by atoms with Crippen molar-refractivity contribution in [1.29, 1.82) is 0 Å². The molecule has 3 nitrogen and oxygen atoms in total. The maximum absolute atomic E-state index is 4.48. The van der Waals surface area contributed by atoms with Crippen LogP contribution in [0.5, 0.6) is 0 Å². The van der Waals surface area contributed by atoms with Crippen LogP contribution in [0.2, 0.25) is 0 Å². The molecular weight excluding hydrogens is 230 g/mol. The highest BCUT2D eigenvalue weighted by Gasteiger charge is 2.12. The summed E-state index contributed by atoms with van der Waals surface area (Å²) in [5.74, 6) is 2.64. The zero-order valence-corrected chi connectivity index (χ0v) is 11.7. The lowest BCUT2D eigenvalue weighted by Gasteiger charge is -2.22. The molecule has 0 aromatic carbocycles. The van der Waals surface area contributed by atoms with Crippen molar-refractivity contribution < 1.29 is 0 Å². The summed E-state index contributed by atoms with van der Waals surface area (Å²) >= 11 is 2.08. The van der Waals surface area contributed by atoms with Gasteiger partial charge in [-0.2, -0.15) is 16.9 Å². The van der Waals surface area contributed by atoms with Gasteiger partial charge in [0, 0.05) is 24.0 Å². The predicted octanol–water partition coefficient (Wildman–Crippen LogP) is 2.38. The zero-order chi connectivity index (χ0) is 12.1. The predicted molar refractivity (Wildman–Crippen MR) is 74.7 cm³/mol. The number of nitrogens with one attached hydrogen (secondary N) is 1. The third-order valence-electron chi connectivity index (χ3n) is 3.24. The number of nitrogens with zero attached hydrogens (tertiary/aromatic N) is 2. The Morgan fingerprint density at radius 3 is 3.06 bits per heavy atom. The van der Waals surface area contributed by atoms with Crippen molar-refractivity contribution in [2.24, 2.45) is 0 Å². The van der Waals surface area contributed by atoms with Crippen molar-refractivity contribution in [3.63, 3.8) is 0 Å². The lowest BCUT2D eigenvalue weighted by molar-refractivity contribution is 0.471. The fraction of sp³-hybridized carbons (Fsp3) is 0.769. The summed E-state index contributed by atoms with van der Waals surface area (Å²) in [4.78, 5) is 0. The quantitative estimate of drug-likeness (QED) is 0.817. The number of rotatable bonds is 5. The second-order valence-electron chi connectivity index (χ2n) is 4.87. The number of hydrogen-bond donors (Lipinski definition) is 1. The highest BCUT2D eigenvalue weighted by Crippen LogP contribution is 2.16. The fourth-order valence-corrected chi connectivity index (χ4v) is 3.44. The van der Waals surface area contributed by atoms with Crippen LogP contribution >= 0.6 is 11.8 Å². The first-order valence-corrected chi connectivity index (χ1v) is 7.73. The molecular formula is C13H23N3S. The highest BCUT2D eigenvalue weighted by atomic mass is 32.2. The molecule has 1 fully saturated rings. The van der Waals surface area contributed by atoms with E-state index in [4.69, 9.17) is 0 Å². The molecule has 0 amide bonds. The molecule has 1 atom stereocenters. The summed E-state index contributed by atoms with van der Waals surface area (Å²) in [5.41, 5.74) is 2.40. The van der Waals surface area contributed by atoms with E-state index in [1.165, 1.54) is 36.5 Å². The average Bonchev–Trinajstić information content (AvgIpc) is 2.65. The Balaban J connectivity index is 1.64. The molecule has 0 saturated carbocycles. The topological polar surface area (TPSA) is 29.9 Å². The summed E-state index contributed by atoms with van der Waals surface area (Å²) in [7, 11) is 0. The van der Waals surface area contributed by atoms with Crippen molar-refractivity contribution in [3.8, 4) is 0 Å². The number of hydrogen-bond acceptors (Lipinski definition) is 3. The van der Waals surface area contributed by atoms with E-state index < -0.39 is 0 Å². The van der Waals surface area contributed by atoms with Crippen LogP contribution in [0.1, 0.15) is 30.7 Å². The van der Waals surface area contributed by atoms with E-state index in [0.29, 0.717) is 0 Å². The molecule has 0 radical (unpaired) electrons. The van der Waals surface area contributed by atoms with Gasteiger partial charge in [0.1, 0.15) is 0 Å². The van der Waals surface area contributed by atoms with Crippen LogP contribution in [0.25, 0.3) is 0 Å². The SMILES string of the molecule is Cc1cc(C)n(CCCNC2CCCSC2)n1. The fourth-order valence-electron chi connectivity index (χ4n) is 2.34. The minimum atomic E-state index is 0.745. The number of thioether (sulfide) groups is 1. The Morgan fingerprint density at radius 2 is 2.41 bits per heavy atom. The Morgan fingerprint density at radius 1 is 1.53 bits per heavy atom. The Hall–Kier alpha value is -0.480. The lowest BCUT2D eigenvalue weighted by atomic mass is 10.2. The van der Waals surface area contributed by atoms with Gasteiger partial charge in [-0.25, -0.2) is 0 Å². The molecule has 1 aromatic heterocycles. The molecule has 1 aromatic rings. The molecule has 1 saturated heterocycles. The van der Waals surface area contributed by atoms with Crippen LogP contribution in [-0.2, 0) is 6.54 Å². The van der Waals surface area contributed by atoms with Gasteiger partial charge in [0.05, 0.1) is 5.69 Å². The standard InChI is InChI=1S/C13H23N3S/c1-11-9-12(2)16(15-11)7-4-6-14-13-5-3-8-17-10-13/h9,13-14H,3-8,10H2,1-2H3. The molecule has 0 spiro atoms. The van der Waals surface area contributed by atoms with Gasteiger partial charge in [-0.1, -0.05) is 0 Å². The number of aromatic nitrogens is 2. The van der Waals surface area contributed by atoms with E-state index in [1.54, 1.807) is 0 Å². The van der Waals surface area contributed by atoms with Gasteiger partial charge in [0.15, 0.2) is 0 Å². The van der Waals surface area contributed by atoms with E-state index >= 15 is 0 Å². The van der Waals surface area contributed by atoms with Crippen LogP contribution in [0.3, 0.4) is 0 Å². The summed E-state index contributed by atoms with van der Waals surface area (Å²) < 4.78 is 2.12. The van der Waals surface area contributed by atoms with Crippen molar-refractivity contribution in [3.05, 3.63) is 17.5 Å².